The molecule has 1 aromatic rings. The largest absolute Gasteiger partial charge is 0.353 e. The zero-order valence-electron chi connectivity index (χ0n) is 8.94. The van der Waals surface area contributed by atoms with Gasteiger partial charge in [0.05, 0.1) is 6.34 Å². The quantitative estimate of drug-likeness (QED) is 0.791. The molecule has 1 heterocycles. The van der Waals surface area contributed by atoms with Crippen LogP contribution in [-0.2, 0) is 0 Å². The van der Waals surface area contributed by atoms with Crippen LogP contribution >= 0.6 is 0 Å². The van der Waals surface area contributed by atoms with E-state index in [0.29, 0.717) is 0 Å². The van der Waals surface area contributed by atoms with Gasteiger partial charge in [-0.1, -0.05) is 18.2 Å². The van der Waals surface area contributed by atoms with Crippen LogP contribution in [0.25, 0.3) is 0 Å². The summed E-state index contributed by atoms with van der Waals surface area (Å²) in [7, 11) is 2.02. The fourth-order valence-electron chi connectivity index (χ4n) is 1.57. The molecule has 77 valence electrons. The van der Waals surface area contributed by atoms with Crippen molar-refractivity contribution < 1.29 is 0 Å². The van der Waals surface area contributed by atoms with E-state index < -0.39 is 0 Å². The van der Waals surface area contributed by atoms with E-state index in [1.165, 1.54) is 11.3 Å². The van der Waals surface area contributed by atoms with Crippen LogP contribution in [0.5, 0.6) is 0 Å². The van der Waals surface area contributed by atoms with E-state index in [-0.39, 0.29) is 0 Å². The summed E-state index contributed by atoms with van der Waals surface area (Å²) in [6, 6.07) is 8.27. The summed E-state index contributed by atoms with van der Waals surface area (Å²) in [6.45, 7) is 2.10. The maximum absolute atomic E-state index is 4.27. The Balaban J connectivity index is 2.24. The lowest BCUT2D eigenvalue weighted by molar-refractivity contribution is 0.926. The van der Waals surface area contributed by atoms with Crippen LogP contribution < -0.4 is 10.2 Å². The van der Waals surface area contributed by atoms with Gasteiger partial charge in [-0.25, -0.2) is 4.99 Å². The first-order chi connectivity index (χ1) is 7.29. The number of rotatable bonds is 2. The molecule has 0 spiro atoms. The van der Waals surface area contributed by atoms with Crippen molar-refractivity contribution in [3.63, 3.8) is 0 Å². The third-order valence-electron chi connectivity index (χ3n) is 2.42. The first-order valence-corrected chi connectivity index (χ1v) is 4.90. The highest BCUT2D eigenvalue weighted by Gasteiger charge is 2.14. The summed E-state index contributed by atoms with van der Waals surface area (Å²) < 4.78 is 0. The van der Waals surface area contributed by atoms with Gasteiger partial charge in [0.25, 0.3) is 0 Å². The minimum Gasteiger partial charge on any atom is -0.353 e. The van der Waals surface area contributed by atoms with Crippen LogP contribution in [0.1, 0.15) is 5.56 Å². The first kappa shape index (κ1) is 9.77. The van der Waals surface area contributed by atoms with Crippen molar-refractivity contribution in [1.29, 1.82) is 0 Å². The highest BCUT2D eigenvalue weighted by molar-refractivity contribution is 5.64. The van der Waals surface area contributed by atoms with Gasteiger partial charge in [0.1, 0.15) is 0 Å². The number of hydrogen-bond acceptors (Lipinski definition) is 3. The van der Waals surface area contributed by atoms with Crippen LogP contribution in [0.4, 0.5) is 5.69 Å². The molecule has 0 atom stereocenters. The van der Waals surface area contributed by atoms with E-state index in [4.69, 9.17) is 0 Å². The van der Waals surface area contributed by atoms with Crippen LogP contribution in [0.3, 0.4) is 0 Å². The monoisotopic (exact) mass is 200 g/mol. The van der Waals surface area contributed by atoms with E-state index >= 15 is 0 Å². The molecule has 1 radical (unpaired) electrons. The summed E-state index contributed by atoms with van der Waals surface area (Å²) in [5.41, 5.74) is 2.42. The Morgan fingerprint density at radius 3 is 2.73 bits per heavy atom. The van der Waals surface area contributed by atoms with Crippen LogP contribution in [0.2, 0.25) is 0 Å². The molecule has 0 fully saturated rings. The van der Waals surface area contributed by atoms with E-state index in [2.05, 4.69) is 34.3 Å². The molecule has 1 aliphatic heterocycles. The van der Waals surface area contributed by atoms with E-state index in [0.717, 1.165) is 6.17 Å². The van der Waals surface area contributed by atoms with E-state index in [1.54, 1.807) is 6.34 Å². The van der Waals surface area contributed by atoms with Crippen LogP contribution in [0, 0.1) is 13.1 Å². The molecule has 0 saturated heterocycles. The average molecular weight is 200 g/mol. The molecular formula is C12H14N3. The van der Waals surface area contributed by atoms with Crippen LogP contribution in [0.15, 0.2) is 41.5 Å². The van der Waals surface area contributed by atoms with Crippen molar-refractivity contribution in [3.05, 3.63) is 48.3 Å². The molecule has 0 aliphatic carbocycles. The normalized spacial score (nSPS) is 15.1. The van der Waals surface area contributed by atoms with Crippen LogP contribution in [-0.4, -0.2) is 13.4 Å². The molecule has 0 bridgehead atoms. The van der Waals surface area contributed by atoms with Crippen molar-refractivity contribution in [1.82, 2.24) is 5.32 Å². The molecule has 3 heteroatoms. The second-order valence-electron chi connectivity index (χ2n) is 3.46. The summed E-state index contributed by atoms with van der Waals surface area (Å²) in [5, 5.41) is 2.92. The lowest BCUT2D eigenvalue weighted by Gasteiger charge is -2.25. The van der Waals surface area contributed by atoms with Crippen molar-refractivity contribution >= 4 is 12.0 Å². The number of aryl methyl sites for hydroxylation is 1. The molecule has 1 aliphatic rings. The topological polar surface area (TPSA) is 27.6 Å². The lowest BCUT2D eigenvalue weighted by Crippen LogP contribution is -2.25. The summed E-state index contributed by atoms with van der Waals surface area (Å²) in [5.74, 6) is 0. The molecule has 2 rings (SSSR count). The van der Waals surface area contributed by atoms with Gasteiger partial charge in [0, 0.05) is 18.9 Å². The predicted octanol–water partition coefficient (Wildman–Crippen LogP) is 2.07. The average Bonchev–Trinajstić information content (AvgIpc) is 2.30. The fourth-order valence-corrected chi connectivity index (χ4v) is 1.57. The Labute approximate surface area is 90.1 Å². The summed E-state index contributed by atoms with van der Waals surface area (Å²) >= 11 is 0. The van der Waals surface area contributed by atoms with Gasteiger partial charge in [-0.15, -0.1) is 0 Å². The molecule has 0 saturated carbocycles. The smallest absolute Gasteiger partial charge is 0.202 e. The van der Waals surface area contributed by atoms with Gasteiger partial charge in [-0.05, 0) is 24.6 Å². The van der Waals surface area contributed by atoms with E-state index in [1.807, 2.05) is 31.5 Å². The molecule has 0 amide bonds. The standard InChI is InChI=1S/C12H14N3/c1-10-5-3-4-6-11(10)15(2)12-7-8-13-9-14-12/h3-9H,1-2H3,(H,13,14). The highest BCUT2D eigenvalue weighted by Crippen LogP contribution is 2.24. The Morgan fingerprint density at radius 1 is 1.27 bits per heavy atom. The number of nitrogens with zero attached hydrogens (tertiary/aromatic N) is 2. The lowest BCUT2D eigenvalue weighted by atomic mass is 10.2. The van der Waals surface area contributed by atoms with Crippen molar-refractivity contribution in [3.8, 4) is 0 Å². The van der Waals surface area contributed by atoms with Crippen molar-refractivity contribution in [2.75, 3.05) is 11.9 Å². The molecule has 15 heavy (non-hydrogen) atoms. The fraction of sp³-hybridized carbons (Fsp3) is 0.167. The van der Waals surface area contributed by atoms with Gasteiger partial charge in [-0.2, -0.15) is 0 Å². The Morgan fingerprint density at radius 2 is 2.07 bits per heavy atom. The zero-order chi connectivity index (χ0) is 10.7. The third-order valence-corrected chi connectivity index (χ3v) is 2.42. The number of para-hydroxylation sites is 1. The van der Waals surface area contributed by atoms with Gasteiger partial charge < -0.3 is 10.2 Å². The SMILES string of the molecule is Cc1ccccc1N(C)[C]1C=CNC=N1. The van der Waals surface area contributed by atoms with Crippen molar-refractivity contribution in [2.24, 2.45) is 4.99 Å². The van der Waals surface area contributed by atoms with Gasteiger partial charge in [0.15, 0.2) is 0 Å². The number of anilines is 1. The number of aliphatic imine (C=N–C) groups is 1. The molecule has 1 N–H and O–H groups in total. The second kappa shape index (κ2) is 4.17. The van der Waals surface area contributed by atoms with Gasteiger partial charge >= 0.3 is 0 Å². The predicted molar refractivity (Wildman–Crippen MR) is 63.6 cm³/mol. The highest BCUT2D eigenvalue weighted by atomic mass is 15.2. The Bertz CT molecular complexity index is 384. The molecular weight excluding hydrogens is 186 g/mol. The Hall–Kier alpha value is -1.77. The summed E-state index contributed by atoms with van der Waals surface area (Å²) in [4.78, 5) is 6.34. The maximum Gasteiger partial charge on any atom is 0.202 e. The molecule has 0 aromatic heterocycles. The van der Waals surface area contributed by atoms with Crippen molar-refractivity contribution in [2.45, 2.75) is 6.92 Å². The number of benzene rings is 1. The number of hydrogen-bond donors (Lipinski definition) is 1. The first-order valence-electron chi connectivity index (χ1n) is 4.90. The van der Waals surface area contributed by atoms with E-state index in [9.17, 15) is 0 Å². The number of nitrogens with one attached hydrogen (secondary N) is 1. The maximum atomic E-state index is 4.27. The van der Waals surface area contributed by atoms with Gasteiger partial charge in [0.2, 0.25) is 6.17 Å². The van der Waals surface area contributed by atoms with Gasteiger partial charge in [-0.3, -0.25) is 0 Å². The minimum atomic E-state index is 0.933. The molecule has 0 unspecified atom stereocenters. The zero-order valence-corrected chi connectivity index (χ0v) is 8.94. The summed E-state index contributed by atoms with van der Waals surface area (Å²) in [6.07, 6.45) is 6.44. The third kappa shape index (κ3) is 2.01. The second-order valence-corrected chi connectivity index (χ2v) is 3.46. The minimum absolute atomic E-state index is 0.933. The molecule has 3 nitrogen and oxygen atoms in total. The molecule has 1 aromatic carbocycles. The Kier molecular flexibility index (Phi) is 2.72. The number of likely N-dealkylation sites (N-methyl/N-ethyl adjacent to an activating group) is 1.